The molecule has 37 heavy (non-hydrogen) atoms. The van der Waals surface area contributed by atoms with Gasteiger partial charge in [0.05, 0.1) is 38.6 Å². The average molecular weight is 513 g/mol. The van der Waals surface area contributed by atoms with Gasteiger partial charge in [-0.3, -0.25) is 0 Å². The number of aliphatic hydroxyl groups is 1. The minimum Gasteiger partial charge on any atom is -0.490 e. The Morgan fingerprint density at radius 2 is 1.46 bits per heavy atom. The van der Waals surface area contributed by atoms with Gasteiger partial charge < -0.3 is 28.8 Å². The van der Waals surface area contributed by atoms with E-state index in [0.29, 0.717) is 46.1 Å². The molecule has 1 N–H and O–H groups in total. The first-order valence-corrected chi connectivity index (χ1v) is 12.9. The second kappa shape index (κ2) is 17.1. The highest BCUT2D eigenvalue weighted by Gasteiger charge is 2.25. The largest absolute Gasteiger partial charge is 0.490 e. The van der Waals surface area contributed by atoms with E-state index in [1.807, 2.05) is 38.1 Å². The van der Waals surface area contributed by atoms with Crippen LogP contribution in [0.1, 0.15) is 44.2 Å². The number of rotatable bonds is 20. The Kier molecular flexibility index (Phi) is 14.2. The Morgan fingerprint density at radius 3 is 2.11 bits per heavy atom. The second-order valence-corrected chi connectivity index (χ2v) is 9.56. The van der Waals surface area contributed by atoms with Crippen molar-refractivity contribution in [3.8, 4) is 5.75 Å². The fourth-order valence-corrected chi connectivity index (χ4v) is 3.92. The van der Waals surface area contributed by atoms with E-state index < -0.39 is 5.60 Å². The van der Waals surface area contributed by atoms with Gasteiger partial charge in [-0.25, -0.2) is 0 Å². The first kappa shape index (κ1) is 30.7. The van der Waals surface area contributed by atoms with Crippen molar-refractivity contribution in [2.24, 2.45) is 0 Å². The summed E-state index contributed by atoms with van der Waals surface area (Å²) in [6.07, 6.45) is 3.27. The van der Waals surface area contributed by atoms with Crippen molar-refractivity contribution in [1.82, 2.24) is 0 Å². The summed E-state index contributed by atoms with van der Waals surface area (Å²) in [5.74, 6) is 1.00. The first-order chi connectivity index (χ1) is 17.9. The highest BCUT2D eigenvalue weighted by atomic mass is 16.6. The van der Waals surface area contributed by atoms with Crippen LogP contribution in [0.25, 0.3) is 0 Å². The van der Waals surface area contributed by atoms with Crippen LogP contribution in [0.5, 0.6) is 5.75 Å². The third-order valence-electron chi connectivity index (χ3n) is 5.91. The summed E-state index contributed by atoms with van der Waals surface area (Å²) in [7, 11) is 0. The molecule has 6 heteroatoms. The Balaban J connectivity index is 2.08. The summed E-state index contributed by atoms with van der Waals surface area (Å²) < 4.78 is 30.1. The van der Waals surface area contributed by atoms with Crippen LogP contribution in [0, 0.1) is 0 Å². The molecule has 3 atom stereocenters. The van der Waals surface area contributed by atoms with E-state index in [0.717, 1.165) is 11.3 Å². The molecule has 0 aliphatic heterocycles. The van der Waals surface area contributed by atoms with Crippen molar-refractivity contribution in [1.29, 1.82) is 0 Å². The maximum absolute atomic E-state index is 9.38. The summed E-state index contributed by atoms with van der Waals surface area (Å²) >= 11 is 0. The van der Waals surface area contributed by atoms with Gasteiger partial charge in [0.25, 0.3) is 0 Å². The van der Waals surface area contributed by atoms with E-state index in [1.165, 1.54) is 5.56 Å². The predicted molar refractivity (Wildman–Crippen MR) is 148 cm³/mol. The molecule has 3 unspecified atom stereocenters. The van der Waals surface area contributed by atoms with Crippen LogP contribution < -0.4 is 4.74 Å². The van der Waals surface area contributed by atoms with Gasteiger partial charge >= 0.3 is 0 Å². The van der Waals surface area contributed by atoms with Crippen LogP contribution in [0.15, 0.2) is 79.9 Å². The number of para-hydroxylation sites is 1. The summed E-state index contributed by atoms with van der Waals surface area (Å²) in [6.45, 7) is 15.7. The van der Waals surface area contributed by atoms with Crippen molar-refractivity contribution in [3.05, 3.63) is 91.0 Å². The molecule has 2 rings (SSSR count). The fraction of sp³-hybridized carbons (Fsp3) is 0.484. The summed E-state index contributed by atoms with van der Waals surface area (Å²) in [4.78, 5) is 0. The SMILES string of the molecule is C=CCOCC(COc1ccccc1C(C)c1ccccc1)OCC(COCC=C)OC(C)(C)CCO. The zero-order valence-corrected chi connectivity index (χ0v) is 22.6. The molecule has 0 bridgehead atoms. The lowest BCUT2D eigenvalue weighted by molar-refractivity contribution is -0.147. The smallest absolute Gasteiger partial charge is 0.123 e. The van der Waals surface area contributed by atoms with Gasteiger partial charge in [0.2, 0.25) is 0 Å². The number of ether oxygens (including phenoxy) is 5. The van der Waals surface area contributed by atoms with Crippen LogP contribution in [0.3, 0.4) is 0 Å². The third-order valence-corrected chi connectivity index (χ3v) is 5.91. The molecule has 6 nitrogen and oxygen atoms in total. The molecule has 204 valence electrons. The maximum atomic E-state index is 9.38. The van der Waals surface area contributed by atoms with Gasteiger partial charge in [0.1, 0.15) is 24.6 Å². The minimum atomic E-state index is -0.516. The van der Waals surface area contributed by atoms with Gasteiger partial charge in [-0.15, -0.1) is 13.2 Å². The van der Waals surface area contributed by atoms with E-state index >= 15 is 0 Å². The lowest BCUT2D eigenvalue weighted by Gasteiger charge is -2.31. The van der Waals surface area contributed by atoms with Crippen LogP contribution >= 0.6 is 0 Å². The molecule has 0 heterocycles. The van der Waals surface area contributed by atoms with E-state index in [9.17, 15) is 5.11 Å². The molecular weight excluding hydrogens is 468 g/mol. The molecule has 0 radical (unpaired) electrons. The van der Waals surface area contributed by atoms with Crippen LogP contribution in [-0.2, 0) is 18.9 Å². The van der Waals surface area contributed by atoms with Crippen molar-refractivity contribution < 1.29 is 28.8 Å². The lowest BCUT2D eigenvalue weighted by Crippen LogP contribution is -2.39. The highest BCUT2D eigenvalue weighted by molar-refractivity contribution is 5.41. The van der Waals surface area contributed by atoms with Crippen LogP contribution in [0.4, 0.5) is 0 Å². The Bertz CT molecular complexity index is 898. The number of hydrogen-bond acceptors (Lipinski definition) is 6. The Labute approximate surface area is 222 Å². The number of aliphatic hydroxyl groups excluding tert-OH is 1. The molecule has 0 spiro atoms. The molecule has 2 aromatic rings. The molecule has 0 aliphatic carbocycles. The maximum Gasteiger partial charge on any atom is 0.123 e. The quantitative estimate of drug-likeness (QED) is 0.185. The number of benzene rings is 2. The van der Waals surface area contributed by atoms with Crippen molar-refractivity contribution in [3.63, 3.8) is 0 Å². The molecular formula is C31H44O6. The zero-order valence-electron chi connectivity index (χ0n) is 22.6. The van der Waals surface area contributed by atoms with Gasteiger partial charge in [0, 0.05) is 18.1 Å². The van der Waals surface area contributed by atoms with Gasteiger partial charge in [-0.1, -0.05) is 67.6 Å². The van der Waals surface area contributed by atoms with E-state index in [-0.39, 0.29) is 24.7 Å². The van der Waals surface area contributed by atoms with Crippen molar-refractivity contribution >= 4 is 0 Å². The Hall–Kier alpha value is -2.48. The van der Waals surface area contributed by atoms with Gasteiger partial charge in [-0.2, -0.15) is 0 Å². The van der Waals surface area contributed by atoms with Crippen molar-refractivity contribution in [2.45, 2.75) is 50.9 Å². The van der Waals surface area contributed by atoms with Gasteiger partial charge in [-0.05, 0) is 31.9 Å². The Morgan fingerprint density at radius 1 is 0.838 bits per heavy atom. The average Bonchev–Trinajstić information content (AvgIpc) is 2.90. The normalized spacial score (nSPS) is 14.1. The standard InChI is InChI=1S/C31H44O6/c1-6-19-33-21-27(35-24-28(22-34-20-7-2)37-31(4,5)17-18-32)23-36-30-16-12-11-15-29(30)25(3)26-13-9-8-10-14-26/h6-16,25,27-28,32H,1-2,17-24H2,3-5H3. The molecule has 0 fully saturated rings. The fourth-order valence-electron chi connectivity index (χ4n) is 3.92. The van der Waals surface area contributed by atoms with Gasteiger partial charge in [0.15, 0.2) is 0 Å². The predicted octanol–water partition coefficient (Wildman–Crippen LogP) is 5.55. The molecule has 0 amide bonds. The van der Waals surface area contributed by atoms with Crippen LogP contribution in [0.2, 0.25) is 0 Å². The first-order valence-electron chi connectivity index (χ1n) is 12.9. The van der Waals surface area contributed by atoms with Crippen LogP contribution in [-0.4, -0.2) is 69.2 Å². The summed E-state index contributed by atoms with van der Waals surface area (Å²) in [5, 5.41) is 9.38. The molecule has 0 saturated carbocycles. The monoisotopic (exact) mass is 512 g/mol. The zero-order chi connectivity index (χ0) is 26.9. The van der Waals surface area contributed by atoms with Crippen molar-refractivity contribution in [2.75, 3.05) is 46.2 Å². The second-order valence-electron chi connectivity index (χ2n) is 9.56. The topological polar surface area (TPSA) is 66.4 Å². The third kappa shape index (κ3) is 11.6. The lowest BCUT2D eigenvalue weighted by atomic mass is 9.92. The van der Waals surface area contributed by atoms with E-state index in [2.05, 4.69) is 50.4 Å². The molecule has 2 aromatic carbocycles. The summed E-state index contributed by atoms with van der Waals surface area (Å²) in [5.41, 5.74) is 1.83. The van der Waals surface area contributed by atoms with E-state index in [4.69, 9.17) is 23.7 Å². The highest BCUT2D eigenvalue weighted by Crippen LogP contribution is 2.31. The molecule has 0 saturated heterocycles. The van der Waals surface area contributed by atoms with E-state index in [1.54, 1.807) is 12.2 Å². The number of hydrogen-bond donors (Lipinski definition) is 1. The summed E-state index contributed by atoms with van der Waals surface area (Å²) in [6, 6.07) is 18.5. The molecule has 0 aliphatic rings. The molecule has 0 aromatic heterocycles. The minimum absolute atomic E-state index is 0.0424.